The highest BCUT2D eigenvalue weighted by Gasteiger charge is 2.08. The second-order valence-corrected chi connectivity index (χ2v) is 7.39. The fourth-order valence-corrected chi connectivity index (χ4v) is 3.06. The Kier molecular flexibility index (Phi) is 7.54. The summed E-state index contributed by atoms with van der Waals surface area (Å²) in [6.45, 7) is 3.77. The van der Waals surface area contributed by atoms with Gasteiger partial charge in [-0.15, -0.1) is 0 Å². The van der Waals surface area contributed by atoms with Crippen LogP contribution >= 0.6 is 0 Å². The number of ether oxygens (including phenoxy) is 1. The lowest BCUT2D eigenvalue weighted by atomic mass is 10.2. The van der Waals surface area contributed by atoms with Crippen molar-refractivity contribution in [1.82, 2.24) is 19.9 Å². The van der Waals surface area contributed by atoms with Crippen LogP contribution in [0.2, 0.25) is 0 Å². The second kappa shape index (κ2) is 11.3. The van der Waals surface area contributed by atoms with Crippen molar-refractivity contribution in [2.45, 2.75) is 13.8 Å². The van der Waals surface area contributed by atoms with Gasteiger partial charge in [-0.25, -0.2) is 5.43 Å². The Bertz CT molecular complexity index is 1250. The zero-order valence-electron chi connectivity index (χ0n) is 19.6. The van der Waals surface area contributed by atoms with E-state index in [0.29, 0.717) is 17.4 Å². The Morgan fingerprint density at radius 1 is 0.771 bits per heavy atom. The van der Waals surface area contributed by atoms with Crippen LogP contribution in [0.3, 0.4) is 0 Å². The van der Waals surface area contributed by atoms with E-state index in [1.54, 1.807) is 38.0 Å². The minimum Gasteiger partial charge on any atom is -0.495 e. The smallest absolute Gasteiger partial charge is 0.247 e. The molecule has 4 rings (SSSR count). The van der Waals surface area contributed by atoms with Gasteiger partial charge in [-0.2, -0.15) is 20.2 Å². The van der Waals surface area contributed by atoms with E-state index >= 15 is 0 Å². The summed E-state index contributed by atoms with van der Waals surface area (Å²) in [4.78, 5) is 17.3. The molecule has 0 amide bonds. The summed E-state index contributed by atoms with van der Waals surface area (Å²) in [5.74, 6) is 1.96. The summed E-state index contributed by atoms with van der Waals surface area (Å²) in [6, 6.07) is 16.9. The van der Waals surface area contributed by atoms with Gasteiger partial charge in [-0.05, 0) is 38.1 Å². The predicted molar refractivity (Wildman–Crippen MR) is 138 cm³/mol. The average Bonchev–Trinajstić information content (AvgIpc) is 2.91. The summed E-state index contributed by atoms with van der Waals surface area (Å²) in [7, 11) is 1.62. The fraction of sp³-hybridized carbons (Fsp3) is 0.120. The van der Waals surface area contributed by atoms with Crippen LogP contribution in [-0.2, 0) is 0 Å². The Labute approximate surface area is 203 Å². The highest BCUT2D eigenvalue weighted by Crippen LogP contribution is 2.27. The number of aromatic nitrogens is 4. The molecule has 0 bridgehead atoms. The Morgan fingerprint density at radius 2 is 1.40 bits per heavy atom. The molecule has 3 aromatic heterocycles. The molecule has 0 saturated carbocycles. The van der Waals surface area contributed by atoms with Crippen LogP contribution in [0.1, 0.15) is 25.0 Å². The number of hydrazone groups is 2. The van der Waals surface area contributed by atoms with E-state index in [1.807, 2.05) is 62.4 Å². The van der Waals surface area contributed by atoms with Gasteiger partial charge in [-0.3, -0.25) is 15.4 Å². The van der Waals surface area contributed by atoms with Gasteiger partial charge in [-0.1, -0.05) is 24.3 Å². The average molecular weight is 468 g/mol. The van der Waals surface area contributed by atoms with Crippen LogP contribution in [-0.4, -0.2) is 38.5 Å². The molecule has 0 fully saturated rings. The van der Waals surface area contributed by atoms with Crippen molar-refractivity contribution < 1.29 is 4.74 Å². The molecule has 10 nitrogen and oxygen atoms in total. The Balaban J connectivity index is 1.62. The van der Waals surface area contributed by atoms with Crippen LogP contribution in [0.5, 0.6) is 5.75 Å². The molecular weight excluding hydrogens is 442 g/mol. The zero-order chi connectivity index (χ0) is 24.5. The first kappa shape index (κ1) is 23.3. The van der Waals surface area contributed by atoms with Crippen molar-refractivity contribution in [1.29, 1.82) is 0 Å². The van der Waals surface area contributed by atoms with Gasteiger partial charge in [0.1, 0.15) is 11.6 Å². The van der Waals surface area contributed by atoms with Crippen LogP contribution in [0.4, 0.5) is 23.3 Å². The van der Waals surface area contributed by atoms with E-state index in [4.69, 9.17) is 4.74 Å². The maximum Gasteiger partial charge on any atom is 0.247 e. The largest absolute Gasteiger partial charge is 0.495 e. The molecule has 0 aliphatic heterocycles. The molecule has 0 aliphatic rings. The molecule has 0 saturated heterocycles. The predicted octanol–water partition coefficient (Wildman–Crippen LogP) is 4.69. The van der Waals surface area contributed by atoms with Gasteiger partial charge in [0.2, 0.25) is 5.95 Å². The molecule has 0 unspecified atom stereocenters. The second-order valence-electron chi connectivity index (χ2n) is 7.39. The van der Waals surface area contributed by atoms with Crippen molar-refractivity contribution in [3.8, 4) is 5.75 Å². The standard InChI is InChI=1S/C25H25N9O/c1-17(19-8-6-12-26-15-19)31-33-24-14-23(28-21-10-4-5-11-22(21)35-3)29-25(30-24)34-32-18(2)20-9-7-13-27-16-20/h4-16H,1-3H3,(H3,28,29,30,33,34). The fourth-order valence-electron chi connectivity index (χ4n) is 3.06. The molecule has 3 heterocycles. The number of para-hydroxylation sites is 2. The number of rotatable bonds is 9. The third kappa shape index (κ3) is 6.35. The molecule has 0 radical (unpaired) electrons. The molecule has 4 aromatic rings. The minimum atomic E-state index is 0.282. The summed E-state index contributed by atoms with van der Waals surface area (Å²) >= 11 is 0. The lowest BCUT2D eigenvalue weighted by molar-refractivity contribution is 0.417. The van der Waals surface area contributed by atoms with Gasteiger partial charge < -0.3 is 10.1 Å². The van der Waals surface area contributed by atoms with E-state index in [-0.39, 0.29) is 5.95 Å². The van der Waals surface area contributed by atoms with Crippen LogP contribution in [0.15, 0.2) is 89.6 Å². The number of nitrogens with one attached hydrogen (secondary N) is 3. The first-order chi connectivity index (χ1) is 17.1. The third-order valence-corrected chi connectivity index (χ3v) is 4.92. The molecule has 176 valence electrons. The van der Waals surface area contributed by atoms with Gasteiger partial charge in [0.15, 0.2) is 5.82 Å². The van der Waals surface area contributed by atoms with Crippen molar-refractivity contribution >= 4 is 34.7 Å². The maximum atomic E-state index is 5.44. The molecule has 1 aromatic carbocycles. The van der Waals surface area contributed by atoms with E-state index in [9.17, 15) is 0 Å². The lowest BCUT2D eigenvalue weighted by Gasteiger charge is -2.12. The van der Waals surface area contributed by atoms with Crippen molar-refractivity contribution in [3.63, 3.8) is 0 Å². The molecule has 3 N–H and O–H groups in total. The number of hydrogen-bond acceptors (Lipinski definition) is 10. The Morgan fingerprint density at radius 3 is 2.03 bits per heavy atom. The lowest BCUT2D eigenvalue weighted by Crippen LogP contribution is -2.07. The molecule has 0 spiro atoms. The van der Waals surface area contributed by atoms with Crippen LogP contribution in [0.25, 0.3) is 0 Å². The van der Waals surface area contributed by atoms with Crippen LogP contribution in [0, 0.1) is 0 Å². The molecule has 0 aliphatic carbocycles. The maximum absolute atomic E-state index is 5.44. The van der Waals surface area contributed by atoms with E-state index in [0.717, 1.165) is 28.2 Å². The number of hydrogen-bond donors (Lipinski definition) is 3. The van der Waals surface area contributed by atoms with Crippen molar-refractivity contribution in [2.24, 2.45) is 10.2 Å². The van der Waals surface area contributed by atoms with Gasteiger partial charge >= 0.3 is 0 Å². The Hall–Kier alpha value is -4.86. The number of nitrogens with zero attached hydrogens (tertiary/aromatic N) is 6. The monoisotopic (exact) mass is 467 g/mol. The summed E-state index contributed by atoms with van der Waals surface area (Å²) in [5, 5.41) is 12.1. The van der Waals surface area contributed by atoms with Crippen molar-refractivity contribution in [3.05, 3.63) is 90.5 Å². The first-order valence-corrected chi connectivity index (χ1v) is 10.8. The highest BCUT2D eigenvalue weighted by molar-refractivity contribution is 5.99. The number of benzene rings is 1. The number of pyridine rings is 2. The van der Waals surface area contributed by atoms with Gasteiger partial charge in [0, 0.05) is 42.0 Å². The van der Waals surface area contributed by atoms with E-state index < -0.39 is 0 Å². The SMILES string of the molecule is COc1ccccc1Nc1cc(NN=C(C)c2cccnc2)nc(NN=C(C)c2cccnc2)n1. The molecule has 0 atom stereocenters. The molecular formula is C25H25N9O. The van der Waals surface area contributed by atoms with E-state index in [2.05, 4.69) is 46.3 Å². The quantitative estimate of drug-likeness (QED) is 0.239. The van der Waals surface area contributed by atoms with Gasteiger partial charge in [0.25, 0.3) is 0 Å². The first-order valence-electron chi connectivity index (χ1n) is 10.8. The topological polar surface area (TPSA) is 122 Å². The summed E-state index contributed by atoms with van der Waals surface area (Å²) < 4.78 is 5.44. The molecule has 35 heavy (non-hydrogen) atoms. The minimum absolute atomic E-state index is 0.282. The zero-order valence-corrected chi connectivity index (χ0v) is 19.6. The third-order valence-electron chi connectivity index (χ3n) is 4.92. The van der Waals surface area contributed by atoms with Crippen LogP contribution < -0.4 is 20.9 Å². The normalized spacial score (nSPS) is 11.6. The number of methoxy groups -OCH3 is 1. The summed E-state index contributed by atoms with van der Waals surface area (Å²) in [5.41, 5.74) is 9.97. The highest BCUT2D eigenvalue weighted by atomic mass is 16.5. The summed E-state index contributed by atoms with van der Waals surface area (Å²) in [6.07, 6.45) is 6.92. The molecule has 10 heteroatoms. The number of anilines is 4. The van der Waals surface area contributed by atoms with Gasteiger partial charge in [0.05, 0.1) is 24.2 Å². The van der Waals surface area contributed by atoms with Crippen molar-refractivity contribution in [2.75, 3.05) is 23.3 Å². The van der Waals surface area contributed by atoms with E-state index in [1.165, 1.54) is 0 Å².